The van der Waals surface area contributed by atoms with Crippen LogP contribution in [-0.4, -0.2) is 50.6 Å². The first-order chi connectivity index (χ1) is 11.4. The molecule has 1 fully saturated rings. The van der Waals surface area contributed by atoms with Gasteiger partial charge in [-0.05, 0) is 25.8 Å². The van der Waals surface area contributed by atoms with Crippen LogP contribution < -0.4 is 0 Å². The zero-order valence-corrected chi connectivity index (χ0v) is 14.0. The lowest BCUT2D eigenvalue weighted by molar-refractivity contribution is 0.360. The highest BCUT2D eigenvalue weighted by Gasteiger charge is 2.35. The summed E-state index contributed by atoms with van der Waals surface area (Å²) < 4.78 is 30.6. The minimum absolute atomic E-state index is 0.321. The summed E-state index contributed by atoms with van der Waals surface area (Å²) in [6.07, 6.45) is 4.29. The van der Waals surface area contributed by atoms with Crippen molar-refractivity contribution in [2.75, 3.05) is 12.8 Å². The minimum atomic E-state index is -3.30. The molecule has 0 spiro atoms. The van der Waals surface area contributed by atoms with E-state index >= 15 is 0 Å². The van der Waals surface area contributed by atoms with Crippen LogP contribution in [0.3, 0.4) is 0 Å². The fraction of sp³-hybridized carbons (Fsp3) is 0.429. The van der Waals surface area contributed by atoms with Crippen molar-refractivity contribution in [1.82, 2.24) is 29.4 Å². The summed E-state index contributed by atoms with van der Waals surface area (Å²) in [7, 11) is -3.30. The number of hydrogen-bond acceptors (Lipinski definition) is 7. The Morgan fingerprint density at radius 3 is 3.00 bits per heavy atom. The Balaban J connectivity index is 1.75. The van der Waals surface area contributed by atoms with Crippen molar-refractivity contribution in [2.24, 2.45) is 0 Å². The molecule has 24 heavy (non-hydrogen) atoms. The molecule has 9 nitrogen and oxygen atoms in total. The number of pyridine rings is 1. The molecule has 0 amide bonds. The van der Waals surface area contributed by atoms with E-state index in [0.717, 1.165) is 17.8 Å². The van der Waals surface area contributed by atoms with Gasteiger partial charge in [-0.15, -0.1) is 0 Å². The maximum absolute atomic E-state index is 11.9. The molecule has 1 atom stereocenters. The van der Waals surface area contributed by atoms with Crippen LogP contribution >= 0.6 is 0 Å². The summed E-state index contributed by atoms with van der Waals surface area (Å²) in [6, 6.07) is 1.39. The van der Waals surface area contributed by atoms with Gasteiger partial charge >= 0.3 is 0 Å². The second-order valence-electron chi connectivity index (χ2n) is 5.87. The molecular formula is C14H16N6O3S. The van der Waals surface area contributed by atoms with Gasteiger partial charge < -0.3 is 9.51 Å². The number of aromatic nitrogens is 5. The van der Waals surface area contributed by atoms with Crippen LogP contribution in [0.1, 0.15) is 30.5 Å². The Morgan fingerprint density at radius 2 is 2.21 bits per heavy atom. The van der Waals surface area contributed by atoms with E-state index in [9.17, 15) is 8.42 Å². The number of fused-ring (bicyclic) bond motifs is 1. The van der Waals surface area contributed by atoms with Crippen molar-refractivity contribution < 1.29 is 12.9 Å². The summed E-state index contributed by atoms with van der Waals surface area (Å²) in [4.78, 5) is 16.0. The molecular weight excluding hydrogens is 332 g/mol. The van der Waals surface area contributed by atoms with E-state index in [4.69, 9.17) is 4.52 Å². The van der Waals surface area contributed by atoms with Gasteiger partial charge in [-0.3, -0.25) is 0 Å². The Bertz CT molecular complexity index is 1010. The molecule has 3 aromatic heterocycles. The molecule has 1 aliphatic heterocycles. The topological polar surface area (TPSA) is 118 Å². The maximum atomic E-state index is 11.9. The van der Waals surface area contributed by atoms with Crippen molar-refractivity contribution >= 4 is 21.2 Å². The second-order valence-corrected chi connectivity index (χ2v) is 7.80. The molecule has 3 aromatic rings. The van der Waals surface area contributed by atoms with Gasteiger partial charge in [-0.25, -0.2) is 18.4 Å². The summed E-state index contributed by atoms with van der Waals surface area (Å²) in [5.41, 5.74) is 1.99. The molecule has 1 saturated heterocycles. The molecule has 0 saturated carbocycles. The van der Waals surface area contributed by atoms with Crippen LogP contribution in [0.15, 0.2) is 16.8 Å². The predicted octanol–water partition coefficient (Wildman–Crippen LogP) is 1.41. The average molecular weight is 348 g/mol. The zero-order valence-electron chi connectivity index (χ0n) is 13.2. The highest BCUT2D eigenvalue weighted by molar-refractivity contribution is 7.88. The molecule has 4 heterocycles. The van der Waals surface area contributed by atoms with Crippen molar-refractivity contribution in [2.45, 2.75) is 25.8 Å². The first-order valence-electron chi connectivity index (χ1n) is 7.55. The normalized spacial score (nSPS) is 19.3. The van der Waals surface area contributed by atoms with Crippen LogP contribution in [-0.2, 0) is 10.0 Å². The standard InChI is InChI=1S/C14H16N6O3S/c1-8-16-11-9(5-6-15-13(11)17-8)14-18-12(19-23-14)10-4-3-7-20(10)24(2,21)22/h5-6,10H,3-4,7H2,1-2H3,(H,15,16,17). The maximum Gasteiger partial charge on any atom is 0.260 e. The van der Waals surface area contributed by atoms with E-state index < -0.39 is 10.0 Å². The molecule has 0 radical (unpaired) electrons. The van der Waals surface area contributed by atoms with Crippen LogP contribution in [0.25, 0.3) is 22.6 Å². The van der Waals surface area contributed by atoms with Crippen molar-refractivity contribution in [1.29, 1.82) is 0 Å². The van der Waals surface area contributed by atoms with E-state index in [-0.39, 0.29) is 6.04 Å². The fourth-order valence-electron chi connectivity index (χ4n) is 3.08. The zero-order chi connectivity index (χ0) is 16.9. The Morgan fingerprint density at radius 1 is 1.38 bits per heavy atom. The molecule has 1 unspecified atom stereocenters. The second kappa shape index (κ2) is 5.35. The van der Waals surface area contributed by atoms with Crippen LogP contribution in [0, 0.1) is 6.92 Å². The van der Waals surface area contributed by atoms with Gasteiger partial charge in [0.2, 0.25) is 10.0 Å². The molecule has 1 N–H and O–H groups in total. The van der Waals surface area contributed by atoms with E-state index in [1.165, 1.54) is 10.6 Å². The number of imidazole rings is 1. The van der Waals surface area contributed by atoms with Crippen molar-refractivity contribution in [3.8, 4) is 11.5 Å². The summed E-state index contributed by atoms with van der Waals surface area (Å²) in [5.74, 6) is 1.44. The Hall–Kier alpha value is -2.33. The van der Waals surface area contributed by atoms with E-state index in [1.807, 2.05) is 6.92 Å². The highest BCUT2D eigenvalue weighted by Crippen LogP contribution is 2.34. The third-order valence-electron chi connectivity index (χ3n) is 4.11. The largest absolute Gasteiger partial charge is 0.340 e. The number of nitrogens with zero attached hydrogens (tertiary/aromatic N) is 5. The van der Waals surface area contributed by atoms with Gasteiger partial charge in [0.1, 0.15) is 5.82 Å². The molecule has 10 heteroatoms. The van der Waals surface area contributed by atoms with Crippen molar-refractivity contribution in [3.63, 3.8) is 0 Å². The molecule has 0 aromatic carbocycles. The number of nitrogens with one attached hydrogen (secondary N) is 1. The Labute approximate surface area is 138 Å². The molecule has 126 valence electrons. The number of H-pyrrole nitrogens is 1. The van der Waals surface area contributed by atoms with E-state index in [0.29, 0.717) is 35.9 Å². The van der Waals surface area contributed by atoms with Crippen LogP contribution in [0.2, 0.25) is 0 Å². The third kappa shape index (κ3) is 2.47. The number of sulfonamides is 1. The lowest BCUT2D eigenvalue weighted by Gasteiger charge is -2.18. The lowest BCUT2D eigenvalue weighted by atomic mass is 10.2. The van der Waals surface area contributed by atoms with E-state index in [2.05, 4.69) is 25.1 Å². The number of aryl methyl sites for hydroxylation is 1. The number of hydrogen-bond donors (Lipinski definition) is 1. The van der Waals surface area contributed by atoms with Gasteiger partial charge in [0.15, 0.2) is 11.5 Å². The molecule has 0 aliphatic carbocycles. The highest BCUT2D eigenvalue weighted by atomic mass is 32.2. The Kier molecular flexibility index (Phi) is 3.39. The summed E-state index contributed by atoms with van der Waals surface area (Å²) >= 11 is 0. The molecule has 4 rings (SSSR count). The van der Waals surface area contributed by atoms with Gasteiger partial charge in [-0.1, -0.05) is 5.16 Å². The van der Waals surface area contributed by atoms with E-state index in [1.54, 1.807) is 12.3 Å². The minimum Gasteiger partial charge on any atom is -0.340 e. The number of aromatic amines is 1. The smallest absolute Gasteiger partial charge is 0.260 e. The predicted molar refractivity (Wildman–Crippen MR) is 85.4 cm³/mol. The third-order valence-corrected chi connectivity index (χ3v) is 5.40. The van der Waals surface area contributed by atoms with Gasteiger partial charge in [0.05, 0.1) is 23.4 Å². The molecule has 0 bridgehead atoms. The fourth-order valence-corrected chi connectivity index (χ4v) is 4.20. The van der Waals surface area contributed by atoms with Crippen LogP contribution in [0.5, 0.6) is 0 Å². The quantitative estimate of drug-likeness (QED) is 0.760. The van der Waals surface area contributed by atoms with Gasteiger partial charge in [-0.2, -0.15) is 9.29 Å². The first-order valence-corrected chi connectivity index (χ1v) is 9.40. The summed E-state index contributed by atoms with van der Waals surface area (Å²) in [6.45, 7) is 2.32. The van der Waals surface area contributed by atoms with Gasteiger partial charge in [0, 0.05) is 12.7 Å². The average Bonchev–Trinajstić information content (AvgIpc) is 3.23. The van der Waals surface area contributed by atoms with Crippen molar-refractivity contribution in [3.05, 3.63) is 23.9 Å². The SMILES string of the molecule is Cc1nc2nccc(-c3nc(C4CCCN4S(C)(=O)=O)no3)c2[nH]1. The molecule has 1 aliphatic rings. The number of rotatable bonds is 3. The van der Waals surface area contributed by atoms with Gasteiger partial charge in [0.25, 0.3) is 5.89 Å². The lowest BCUT2D eigenvalue weighted by Crippen LogP contribution is -2.30. The summed E-state index contributed by atoms with van der Waals surface area (Å²) in [5, 5.41) is 4.01. The van der Waals surface area contributed by atoms with Crippen LogP contribution in [0.4, 0.5) is 0 Å². The first kappa shape index (κ1) is 15.2. The monoisotopic (exact) mass is 348 g/mol.